The molecule has 140 valence electrons. The smallest absolute Gasteiger partial charge is 0.334 e. The topological polar surface area (TPSA) is 89.9 Å². The zero-order chi connectivity index (χ0) is 19.4. The number of aliphatic carboxylic acids is 1. The van der Waals surface area contributed by atoms with Crippen LogP contribution in [-0.4, -0.2) is 35.2 Å². The molecular formula is C20H24O6. The van der Waals surface area contributed by atoms with E-state index in [0.717, 1.165) is 5.57 Å². The van der Waals surface area contributed by atoms with Crippen molar-refractivity contribution in [1.29, 1.82) is 0 Å². The largest absolute Gasteiger partial charge is 0.478 e. The van der Waals surface area contributed by atoms with E-state index in [2.05, 4.69) is 6.58 Å². The molecule has 2 aliphatic rings. The maximum absolute atomic E-state index is 12.3. The molecule has 3 atom stereocenters. The Bertz CT molecular complexity index is 725. The van der Waals surface area contributed by atoms with Crippen LogP contribution in [0.15, 0.2) is 47.1 Å². The van der Waals surface area contributed by atoms with E-state index in [9.17, 15) is 19.5 Å². The Morgan fingerprint density at radius 2 is 2.12 bits per heavy atom. The van der Waals surface area contributed by atoms with Crippen LogP contribution in [0.4, 0.5) is 0 Å². The van der Waals surface area contributed by atoms with Crippen LogP contribution in [-0.2, 0) is 23.9 Å². The second-order valence-electron chi connectivity index (χ2n) is 6.63. The predicted octanol–water partition coefficient (Wildman–Crippen LogP) is 3.10. The summed E-state index contributed by atoms with van der Waals surface area (Å²) in [5.41, 5.74) is 1.73. The fraction of sp³-hybridized carbons (Fsp3) is 0.450. The van der Waals surface area contributed by atoms with Crippen molar-refractivity contribution in [1.82, 2.24) is 0 Å². The van der Waals surface area contributed by atoms with E-state index >= 15 is 0 Å². The van der Waals surface area contributed by atoms with E-state index in [0.29, 0.717) is 18.4 Å². The van der Waals surface area contributed by atoms with E-state index in [1.54, 1.807) is 26.0 Å². The molecule has 1 heterocycles. The molecule has 0 aromatic heterocycles. The van der Waals surface area contributed by atoms with Crippen molar-refractivity contribution < 1.29 is 29.0 Å². The monoisotopic (exact) mass is 360 g/mol. The van der Waals surface area contributed by atoms with Crippen LogP contribution >= 0.6 is 0 Å². The second-order valence-corrected chi connectivity index (χ2v) is 6.63. The molecule has 0 unspecified atom stereocenters. The highest BCUT2D eigenvalue weighted by molar-refractivity contribution is 5.92. The van der Waals surface area contributed by atoms with E-state index < -0.39 is 36.0 Å². The van der Waals surface area contributed by atoms with Crippen LogP contribution in [0.2, 0.25) is 0 Å². The van der Waals surface area contributed by atoms with Crippen LogP contribution in [0.1, 0.15) is 40.0 Å². The van der Waals surface area contributed by atoms with Crippen LogP contribution in [0.25, 0.3) is 0 Å². The van der Waals surface area contributed by atoms with Gasteiger partial charge in [0.2, 0.25) is 0 Å². The van der Waals surface area contributed by atoms with E-state index in [1.807, 2.05) is 13.0 Å². The Balaban J connectivity index is 2.46. The summed E-state index contributed by atoms with van der Waals surface area (Å²) in [7, 11) is 0. The van der Waals surface area contributed by atoms with Crippen molar-refractivity contribution in [3.63, 3.8) is 0 Å². The molecule has 1 saturated heterocycles. The number of carboxylic acid groups (broad SMARTS) is 1. The number of carboxylic acids is 1. The normalized spacial score (nSPS) is 31.0. The maximum Gasteiger partial charge on any atom is 0.334 e. The fourth-order valence-electron chi connectivity index (χ4n) is 3.08. The molecule has 0 aromatic carbocycles. The minimum atomic E-state index is -1.07. The lowest BCUT2D eigenvalue weighted by atomic mass is 9.85. The summed E-state index contributed by atoms with van der Waals surface area (Å²) in [5.74, 6) is -2.78. The highest BCUT2D eigenvalue weighted by atomic mass is 16.6. The molecule has 0 aromatic rings. The molecule has 0 saturated carbocycles. The van der Waals surface area contributed by atoms with Gasteiger partial charge in [-0.3, -0.25) is 0 Å². The van der Waals surface area contributed by atoms with Crippen molar-refractivity contribution >= 4 is 17.9 Å². The Labute approximate surface area is 152 Å². The molecule has 6 heteroatoms. The average Bonchev–Trinajstić information content (AvgIpc) is 2.85. The van der Waals surface area contributed by atoms with Gasteiger partial charge in [-0.05, 0) is 39.7 Å². The third kappa shape index (κ3) is 4.31. The summed E-state index contributed by atoms with van der Waals surface area (Å²) in [4.78, 5) is 35.9. The SMILES string of the molecule is C=C1C(=O)O[C@@H]2/C=C(\C)CC/C=C(\C(=O)O)C[C@H](OC(=O)/C(C)=C\C)[C@H]12. The molecule has 1 aliphatic carbocycles. The molecule has 26 heavy (non-hydrogen) atoms. The fourth-order valence-corrected chi connectivity index (χ4v) is 3.08. The summed E-state index contributed by atoms with van der Waals surface area (Å²) in [6.45, 7) is 9.01. The van der Waals surface area contributed by atoms with Gasteiger partial charge in [0.25, 0.3) is 0 Å². The van der Waals surface area contributed by atoms with Gasteiger partial charge in [0, 0.05) is 23.1 Å². The quantitative estimate of drug-likeness (QED) is 0.472. The summed E-state index contributed by atoms with van der Waals surface area (Å²) in [6.07, 6.45) is 4.81. The molecule has 1 fully saturated rings. The zero-order valence-corrected chi connectivity index (χ0v) is 15.3. The number of rotatable bonds is 3. The molecule has 0 radical (unpaired) electrons. The number of hydrogen-bond acceptors (Lipinski definition) is 5. The summed E-state index contributed by atoms with van der Waals surface area (Å²) in [6, 6.07) is 0. The first-order chi connectivity index (χ1) is 12.2. The summed E-state index contributed by atoms with van der Waals surface area (Å²) >= 11 is 0. The molecule has 1 aliphatic heterocycles. The van der Waals surface area contributed by atoms with E-state index in [1.165, 1.54) is 0 Å². The van der Waals surface area contributed by atoms with Crippen LogP contribution in [0.3, 0.4) is 0 Å². The third-order valence-electron chi connectivity index (χ3n) is 4.75. The lowest BCUT2D eigenvalue weighted by Crippen LogP contribution is -2.34. The first-order valence-electron chi connectivity index (χ1n) is 8.57. The first-order valence-corrected chi connectivity index (χ1v) is 8.57. The van der Waals surface area contributed by atoms with Gasteiger partial charge in [-0.15, -0.1) is 0 Å². The Morgan fingerprint density at radius 3 is 2.73 bits per heavy atom. The molecule has 0 amide bonds. The van der Waals surface area contributed by atoms with Crippen molar-refractivity contribution in [2.75, 3.05) is 0 Å². The number of esters is 2. The zero-order valence-electron chi connectivity index (χ0n) is 15.3. The number of fused-ring (bicyclic) bond motifs is 1. The minimum Gasteiger partial charge on any atom is -0.478 e. The molecule has 0 bridgehead atoms. The standard InChI is InChI=1S/C20H24O6/c1-5-12(3)19(23)25-16-10-14(18(21)22)8-6-7-11(2)9-15-17(16)13(4)20(24)26-15/h5,8-9,15-17H,4,6-7,10H2,1-3H3,(H,21,22)/b11-9+,12-5-,14-8-/t15-,16+,17-/m1/s1. The first kappa shape index (κ1) is 19.7. The second kappa shape index (κ2) is 8.17. The molecule has 6 nitrogen and oxygen atoms in total. The lowest BCUT2D eigenvalue weighted by molar-refractivity contribution is -0.148. The predicted molar refractivity (Wildman–Crippen MR) is 95.1 cm³/mol. The summed E-state index contributed by atoms with van der Waals surface area (Å²) < 4.78 is 11.0. The van der Waals surface area contributed by atoms with Gasteiger partial charge in [-0.2, -0.15) is 0 Å². The Hall–Kier alpha value is -2.63. The van der Waals surface area contributed by atoms with Gasteiger partial charge in [-0.1, -0.05) is 24.3 Å². The number of carbonyl (C=O) groups is 3. The lowest BCUT2D eigenvalue weighted by Gasteiger charge is -2.27. The number of ether oxygens (including phenoxy) is 2. The third-order valence-corrected chi connectivity index (χ3v) is 4.75. The van der Waals surface area contributed by atoms with Crippen molar-refractivity contribution in [3.05, 3.63) is 47.1 Å². The number of carbonyl (C=O) groups excluding carboxylic acids is 2. The van der Waals surface area contributed by atoms with Gasteiger partial charge in [-0.25, -0.2) is 14.4 Å². The van der Waals surface area contributed by atoms with Gasteiger partial charge in [0.1, 0.15) is 12.2 Å². The number of allylic oxidation sites excluding steroid dienone is 3. The van der Waals surface area contributed by atoms with Crippen molar-refractivity contribution in [3.8, 4) is 0 Å². The van der Waals surface area contributed by atoms with Gasteiger partial charge in [0.15, 0.2) is 0 Å². The molecular weight excluding hydrogens is 336 g/mol. The van der Waals surface area contributed by atoms with Crippen LogP contribution in [0.5, 0.6) is 0 Å². The van der Waals surface area contributed by atoms with Gasteiger partial charge < -0.3 is 14.6 Å². The van der Waals surface area contributed by atoms with Gasteiger partial charge in [0.05, 0.1) is 5.92 Å². The number of hydrogen-bond donors (Lipinski definition) is 1. The van der Waals surface area contributed by atoms with Gasteiger partial charge >= 0.3 is 17.9 Å². The molecule has 0 spiro atoms. The molecule has 1 N–H and O–H groups in total. The van der Waals surface area contributed by atoms with Crippen molar-refractivity contribution in [2.45, 2.75) is 52.2 Å². The Kier molecular flexibility index (Phi) is 6.18. The van der Waals surface area contributed by atoms with E-state index in [-0.39, 0.29) is 17.6 Å². The van der Waals surface area contributed by atoms with Crippen LogP contribution in [0, 0.1) is 5.92 Å². The van der Waals surface area contributed by atoms with Crippen molar-refractivity contribution in [2.24, 2.45) is 5.92 Å². The summed E-state index contributed by atoms with van der Waals surface area (Å²) in [5, 5.41) is 9.49. The maximum atomic E-state index is 12.3. The minimum absolute atomic E-state index is 0.0121. The highest BCUT2D eigenvalue weighted by Crippen LogP contribution is 2.36. The average molecular weight is 360 g/mol. The van der Waals surface area contributed by atoms with E-state index in [4.69, 9.17) is 9.47 Å². The van der Waals surface area contributed by atoms with Crippen LogP contribution < -0.4 is 0 Å². The molecule has 2 rings (SSSR count). The Morgan fingerprint density at radius 1 is 1.42 bits per heavy atom. The highest BCUT2D eigenvalue weighted by Gasteiger charge is 2.45.